The van der Waals surface area contributed by atoms with Crippen molar-refractivity contribution in [3.63, 3.8) is 0 Å². The van der Waals surface area contributed by atoms with E-state index in [0.717, 1.165) is 22.6 Å². The molecule has 1 fully saturated rings. The highest BCUT2D eigenvalue weighted by atomic mass is 35.5. The number of nitrogens with zero attached hydrogens (tertiary/aromatic N) is 3. The van der Waals surface area contributed by atoms with Crippen molar-refractivity contribution in [2.45, 2.75) is 25.8 Å². The number of amides is 1. The number of carbonyl (C=O) groups excluding carboxylic acids is 1. The standard InChI is InChI=1S/C17H19ClN4O/c1-12-9-13(3-5-15(12)18)4-6-16(23)22-10-14(11-22)21-17-19-7-2-8-20-17/h2-3,5,7-9,14H,4,6,10-11H2,1H3,(H,19,20,21). The van der Waals surface area contributed by atoms with E-state index in [2.05, 4.69) is 15.3 Å². The van der Waals surface area contributed by atoms with Crippen LogP contribution in [0, 0.1) is 6.92 Å². The van der Waals surface area contributed by atoms with Crippen LogP contribution in [0.2, 0.25) is 5.02 Å². The molecule has 0 atom stereocenters. The van der Waals surface area contributed by atoms with Gasteiger partial charge in [0.15, 0.2) is 0 Å². The third-order valence-corrected chi connectivity index (χ3v) is 4.41. The summed E-state index contributed by atoms with van der Waals surface area (Å²) in [6.45, 7) is 3.39. The molecule has 2 heterocycles. The van der Waals surface area contributed by atoms with Crippen molar-refractivity contribution in [1.29, 1.82) is 0 Å². The van der Waals surface area contributed by atoms with Crippen LogP contribution in [0.15, 0.2) is 36.7 Å². The first-order valence-corrected chi connectivity index (χ1v) is 8.06. The normalized spacial score (nSPS) is 14.4. The van der Waals surface area contributed by atoms with Crippen molar-refractivity contribution in [1.82, 2.24) is 14.9 Å². The molecule has 1 saturated heterocycles. The lowest BCUT2D eigenvalue weighted by Gasteiger charge is -2.39. The van der Waals surface area contributed by atoms with Gasteiger partial charge in [0.1, 0.15) is 0 Å². The fourth-order valence-electron chi connectivity index (χ4n) is 2.60. The van der Waals surface area contributed by atoms with E-state index < -0.39 is 0 Å². The van der Waals surface area contributed by atoms with Gasteiger partial charge in [0.05, 0.1) is 6.04 Å². The van der Waals surface area contributed by atoms with Gasteiger partial charge in [-0.25, -0.2) is 9.97 Å². The van der Waals surface area contributed by atoms with Crippen molar-refractivity contribution in [3.05, 3.63) is 52.8 Å². The van der Waals surface area contributed by atoms with E-state index in [-0.39, 0.29) is 11.9 Å². The Morgan fingerprint density at radius 2 is 2.09 bits per heavy atom. The Kier molecular flexibility index (Phi) is 4.76. The zero-order valence-electron chi connectivity index (χ0n) is 13.0. The van der Waals surface area contributed by atoms with Crippen LogP contribution in [-0.2, 0) is 11.2 Å². The van der Waals surface area contributed by atoms with Crippen LogP contribution in [-0.4, -0.2) is 39.9 Å². The largest absolute Gasteiger partial charge is 0.348 e. The molecule has 0 spiro atoms. The van der Waals surface area contributed by atoms with Crippen molar-refractivity contribution in [2.24, 2.45) is 0 Å². The zero-order chi connectivity index (χ0) is 16.2. The third kappa shape index (κ3) is 3.99. The predicted octanol–water partition coefficient (Wildman–Crippen LogP) is 2.69. The van der Waals surface area contributed by atoms with Gasteiger partial charge in [-0.3, -0.25) is 4.79 Å². The van der Waals surface area contributed by atoms with Gasteiger partial charge in [-0.2, -0.15) is 0 Å². The summed E-state index contributed by atoms with van der Waals surface area (Å²) in [5.74, 6) is 0.797. The van der Waals surface area contributed by atoms with E-state index in [4.69, 9.17) is 11.6 Å². The second kappa shape index (κ2) is 6.96. The maximum Gasteiger partial charge on any atom is 0.223 e. The van der Waals surface area contributed by atoms with E-state index in [1.165, 1.54) is 0 Å². The predicted molar refractivity (Wildman–Crippen MR) is 90.5 cm³/mol. The quantitative estimate of drug-likeness (QED) is 0.915. The average molecular weight is 331 g/mol. The second-order valence-corrected chi connectivity index (χ2v) is 6.20. The smallest absolute Gasteiger partial charge is 0.223 e. The lowest BCUT2D eigenvalue weighted by Crippen LogP contribution is -2.57. The molecule has 0 aliphatic carbocycles. The van der Waals surface area contributed by atoms with E-state index in [9.17, 15) is 4.79 Å². The molecule has 6 heteroatoms. The molecule has 1 aromatic heterocycles. The molecule has 1 aliphatic rings. The Morgan fingerprint density at radius 3 is 2.78 bits per heavy atom. The number of halogens is 1. The van der Waals surface area contributed by atoms with Crippen molar-refractivity contribution in [2.75, 3.05) is 18.4 Å². The SMILES string of the molecule is Cc1cc(CCC(=O)N2CC(Nc3ncccn3)C2)ccc1Cl. The van der Waals surface area contributed by atoms with Crippen LogP contribution >= 0.6 is 11.6 Å². The molecule has 0 radical (unpaired) electrons. The summed E-state index contributed by atoms with van der Waals surface area (Å²) in [6, 6.07) is 7.93. The van der Waals surface area contributed by atoms with Crippen LogP contribution in [0.1, 0.15) is 17.5 Å². The number of rotatable bonds is 5. The summed E-state index contributed by atoms with van der Waals surface area (Å²) in [7, 11) is 0. The first-order chi connectivity index (χ1) is 11.1. The fraction of sp³-hybridized carbons (Fsp3) is 0.353. The minimum atomic E-state index is 0.185. The molecule has 3 rings (SSSR count). The maximum atomic E-state index is 12.2. The van der Waals surface area contributed by atoms with Gasteiger partial charge < -0.3 is 10.2 Å². The lowest BCUT2D eigenvalue weighted by atomic mass is 10.0. The number of hydrogen-bond donors (Lipinski definition) is 1. The number of hydrogen-bond acceptors (Lipinski definition) is 4. The van der Waals surface area contributed by atoms with E-state index >= 15 is 0 Å². The molecule has 2 aromatic rings. The summed E-state index contributed by atoms with van der Waals surface area (Å²) in [4.78, 5) is 22.3. The van der Waals surface area contributed by atoms with Gasteiger partial charge in [-0.05, 0) is 36.6 Å². The van der Waals surface area contributed by atoms with Crippen LogP contribution in [0.4, 0.5) is 5.95 Å². The van der Waals surface area contributed by atoms with Crippen molar-refractivity contribution >= 4 is 23.5 Å². The Morgan fingerprint density at radius 1 is 1.35 bits per heavy atom. The summed E-state index contributed by atoms with van der Waals surface area (Å²) < 4.78 is 0. The Labute approximate surface area is 140 Å². The van der Waals surface area contributed by atoms with Crippen LogP contribution in [0.3, 0.4) is 0 Å². The number of carbonyl (C=O) groups is 1. The number of aromatic nitrogens is 2. The maximum absolute atomic E-state index is 12.2. The summed E-state index contributed by atoms with van der Waals surface area (Å²) in [5, 5.41) is 3.98. The number of benzene rings is 1. The van der Waals surface area contributed by atoms with Gasteiger partial charge in [-0.15, -0.1) is 0 Å². The molecule has 0 unspecified atom stereocenters. The molecule has 120 valence electrons. The molecular formula is C17H19ClN4O. The number of likely N-dealkylation sites (tertiary alicyclic amines) is 1. The Balaban J connectivity index is 1.43. The first kappa shape index (κ1) is 15.7. The highest BCUT2D eigenvalue weighted by Crippen LogP contribution is 2.18. The van der Waals surface area contributed by atoms with E-state index in [1.807, 2.05) is 30.0 Å². The molecule has 1 N–H and O–H groups in total. The minimum Gasteiger partial charge on any atom is -0.348 e. The topological polar surface area (TPSA) is 58.1 Å². The van der Waals surface area contributed by atoms with E-state index in [0.29, 0.717) is 25.5 Å². The highest BCUT2D eigenvalue weighted by Gasteiger charge is 2.30. The minimum absolute atomic E-state index is 0.185. The molecule has 5 nitrogen and oxygen atoms in total. The summed E-state index contributed by atoms with van der Waals surface area (Å²) in [5.41, 5.74) is 2.20. The Hall–Kier alpha value is -2.14. The van der Waals surface area contributed by atoms with Crippen LogP contribution in [0.25, 0.3) is 0 Å². The van der Waals surface area contributed by atoms with Gasteiger partial charge >= 0.3 is 0 Å². The van der Waals surface area contributed by atoms with E-state index in [1.54, 1.807) is 18.5 Å². The molecule has 1 aromatic carbocycles. The molecule has 0 bridgehead atoms. The molecular weight excluding hydrogens is 312 g/mol. The summed E-state index contributed by atoms with van der Waals surface area (Å²) in [6.07, 6.45) is 4.67. The second-order valence-electron chi connectivity index (χ2n) is 5.80. The van der Waals surface area contributed by atoms with Crippen LogP contribution < -0.4 is 5.32 Å². The monoisotopic (exact) mass is 330 g/mol. The van der Waals surface area contributed by atoms with Gasteiger partial charge in [0.25, 0.3) is 0 Å². The van der Waals surface area contributed by atoms with Gasteiger partial charge in [0.2, 0.25) is 11.9 Å². The van der Waals surface area contributed by atoms with Gasteiger partial charge in [0, 0.05) is 36.9 Å². The number of nitrogens with one attached hydrogen (secondary N) is 1. The third-order valence-electron chi connectivity index (χ3n) is 3.98. The molecule has 23 heavy (non-hydrogen) atoms. The molecule has 0 saturated carbocycles. The molecule has 1 aliphatic heterocycles. The van der Waals surface area contributed by atoms with Crippen LogP contribution in [0.5, 0.6) is 0 Å². The Bertz CT molecular complexity index is 686. The van der Waals surface area contributed by atoms with Crippen molar-refractivity contribution in [3.8, 4) is 0 Å². The average Bonchev–Trinajstić information content (AvgIpc) is 2.52. The highest BCUT2D eigenvalue weighted by molar-refractivity contribution is 6.31. The lowest BCUT2D eigenvalue weighted by molar-refractivity contribution is -0.135. The zero-order valence-corrected chi connectivity index (χ0v) is 13.8. The molecule has 1 amide bonds. The first-order valence-electron chi connectivity index (χ1n) is 7.68. The summed E-state index contributed by atoms with van der Waals surface area (Å²) >= 11 is 6.02. The van der Waals surface area contributed by atoms with Crippen molar-refractivity contribution < 1.29 is 4.79 Å². The van der Waals surface area contributed by atoms with Gasteiger partial charge in [-0.1, -0.05) is 23.7 Å². The number of anilines is 1. The fourth-order valence-corrected chi connectivity index (χ4v) is 2.72. The number of aryl methyl sites for hydroxylation is 2.